The van der Waals surface area contributed by atoms with Gasteiger partial charge in [-0.05, 0) is 41.3 Å². The highest BCUT2D eigenvalue weighted by atomic mass is 35.5. The minimum atomic E-state index is -1.13. The summed E-state index contributed by atoms with van der Waals surface area (Å²) in [5.41, 5.74) is 2.47. The van der Waals surface area contributed by atoms with Crippen molar-refractivity contribution in [2.45, 2.75) is 32.3 Å². The maximum Gasteiger partial charge on any atom is 0.339 e. The van der Waals surface area contributed by atoms with Gasteiger partial charge >= 0.3 is 5.97 Å². The minimum absolute atomic E-state index is 0.0332. The number of benzene rings is 3. The summed E-state index contributed by atoms with van der Waals surface area (Å²) in [7, 11) is 1.51. The molecule has 0 radical (unpaired) electrons. The van der Waals surface area contributed by atoms with E-state index in [1.54, 1.807) is 54.6 Å². The summed E-state index contributed by atoms with van der Waals surface area (Å²) in [6.07, 6.45) is -1.13. The number of ether oxygens (including phenoxy) is 2. The van der Waals surface area contributed by atoms with E-state index in [1.165, 1.54) is 7.11 Å². The molecule has 5 nitrogen and oxygen atoms in total. The first kappa shape index (κ1) is 23.4. The summed E-state index contributed by atoms with van der Waals surface area (Å²) in [6, 6.07) is 21.0. The van der Waals surface area contributed by atoms with Crippen LogP contribution in [0, 0.1) is 0 Å². The Hall–Kier alpha value is -3.31. The molecule has 3 aromatic rings. The molecule has 0 bridgehead atoms. The van der Waals surface area contributed by atoms with Crippen LogP contribution in [-0.4, -0.2) is 19.0 Å². The number of nitrogens with one attached hydrogen (secondary N) is 1. The summed E-state index contributed by atoms with van der Waals surface area (Å²) >= 11 is 6.16. The van der Waals surface area contributed by atoms with Gasteiger partial charge in [0.1, 0.15) is 5.75 Å². The van der Waals surface area contributed by atoms with Crippen LogP contribution in [-0.2, 0) is 14.9 Å². The highest BCUT2D eigenvalue weighted by molar-refractivity contribution is 6.32. The lowest BCUT2D eigenvalue weighted by molar-refractivity contribution is -0.125. The highest BCUT2D eigenvalue weighted by Gasteiger charge is 2.26. The van der Waals surface area contributed by atoms with E-state index in [2.05, 4.69) is 26.1 Å². The smallest absolute Gasteiger partial charge is 0.339 e. The van der Waals surface area contributed by atoms with Gasteiger partial charge in [-0.2, -0.15) is 0 Å². The third-order valence-corrected chi connectivity index (χ3v) is 5.27. The van der Waals surface area contributed by atoms with E-state index < -0.39 is 18.0 Å². The van der Waals surface area contributed by atoms with Gasteiger partial charge in [-0.3, -0.25) is 4.79 Å². The third-order valence-electron chi connectivity index (χ3n) is 4.97. The maximum absolute atomic E-state index is 13.1. The zero-order valence-corrected chi connectivity index (χ0v) is 19.3. The fourth-order valence-corrected chi connectivity index (χ4v) is 3.39. The van der Waals surface area contributed by atoms with Crippen molar-refractivity contribution in [2.24, 2.45) is 0 Å². The topological polar surface area (TPSA) is 64.6 Å². The first-order valence-electron chi connectivity index (χ1n) is 10.2. The molecule has 0 aliphatic rings. The van der Waals surface area contributed by atoms with Crippen LogP contribution in [0.15, 0.2) is 72.8 Å². The predicted octanol–water partition coefficient (Wildman–Crippen LogP) is 6.18. The van der Waals surface area contributed by atoms with Crippen molar-refractivity contribution >= 4 is 29.2 Å². The van der Waals surface area contributed by atoms with Gasteiger partial charge in [0.25, 0.3) is 5.91 Å². The van der Waals surface area contributed by atoms with Gasteiger partial charge in [0.15, 0.2) is 0 Å². The molecule has 32 heavy (non-hydrogen) atoms. The monoisotopic (exact) mass is 451 g/mol. The van der Waals surface area contributed by atoms with Crippen LogP contribution < -0.4 is 10.1 Å². The van der Waals surface area contributed by atoms with E-state index in [-0.39, 0.29) is 5.41 Å². The van der Waals surface area contributed by atoms with E-state index in [0.717, 1.165) is 5.56 Å². The summed E-state index contributed by atoms with van der Waals surface area (Å²) < 4.78 is 10.8. The van der Waals surface area contributed by atoms with Crippen LogP contribution >= 0.6 is 11.6 Å². The second-order valence-electron chi connectivity index (χ2n) is 8.36. The summed E-state index contributed by atoms with van der Waals surface area (Å²) in [4.78, 5) is 25.9. The Morgan fingerprint density at radius 3 is 2.16 bits per heavy atom. The molecule has 3 rings (SSSR count). The second-order valence-corrected chi connectivity index (χ2v) is 8.77. The average molecular weight is 452 g/mol. The SMILES string of the molecule is COc1ccc(NC(=O)C(OC(=O)c2ccc(C(C)(C)C)cc2)c2ccccc2)cc1Cl. The van der Waals surface area contributed by atoms with Crippen molar-refractivity contribution in [3.63, 3.8) is 0 Å². The van der Waals surface area contributed by atoms with Crippen molar-refractivity contribution < 1.29 is 19.1 Å². The molecule has 1 amide bonds. The van der Waals surface area contributed by atoms with Crippen LogP contribution in [0.1, 0.15) is 48.4 Å². The highest BCUT2D eigenvalue weighted by Crippen LogP contribution is 2.29. The zero-order chi connectivity index (χ0) is 23.3. The molecular weight excluding hydrogens is 426 g/mol. The van der Waals surface area contributed by atoms with Gasteiger partial charge in [-0.25, -0.2) is 4.79 Å². The minimum Gasteiger partial charge on any atom is -0.495 e. The molecule has 0 aliphatic heterocycles. The standard InChI is InChI=1S/C26H26ClNO4/c1-26(2,3)19-12-10-18(11-13-19)25(30)32-23(17-8-6-5-7-9-17)24(29)28-20-14-15-22(31-4)21(27)16-20/h5-16,23H,1-4H3,(H,28,29). The average Bonchev–Trinajstić information content (AvgIpc) is 2.77. The van der Waals surface area contributed by atoms with Crippen LogP contribution in [0.25, 0.3) is 0 Å². The summed E-state index contributed by atoms with van der Waals surface area (Å²) in [5.74, 6) is -0.575. The molecule has 0 heterocycles. The summed E-state index contributed by atoms with van der Waals surface area (Å²) in [5, 5.41) is 3.12. The number of halogens is 1. The molecule has 1 N–H and O–H groups in total. The first-order chi connectivity index (χ1) is 15.2. The van der Waals surface area contributed by atoms with E-state index in [9.17, 15) is 9.59 Å². The van der Waals surface area contributed by atoms with Crippen molar-refractivity contribution in [1.29, 1.82) is 0 Å². The molecule has 0 saturated heterocycles. The lowest BCUT2D eigenvalue weighted by atomic mass is 9.87. The molecule has 0 fully saturated rings. The molecule has 3 aromatic carbocycles. The van der Waals surface area contributed by atoms with Crippen molar-refractivity contribution in [1.82, 2.24) is 0 Å². The van der Waals surface area contributed by atoms with Gasteiger partial charge in [-0.15, -0.1) is 0 Å². The van der Waals surface area contributed by atoms with Crippen LogP contribution in [0.4, 0.5) is 5.69 Å². The quantitative estimate of drug-likeness (QED) is 0.454. The van der Waals surface area contributed by atoms with Crippen molar-refractivity contribution in [3.8, 4) is 5.75 Å². The van der Waals surface area contributed by atoms with Crippen LogP contribution in [0.5, 0.6) is 5.75 Å². The van der Waals surface area contributed by atoms with E-state index in [4.69, 9.17) is 21.1 Å². The van der Waals surface area contributed by atoms with E-state index in [1.807, 2.05) is 18.2 Å². The Balaban J connectivity index is 1.82. The number of amides is 1. The first-order valence-corrected chi connectivity index (χ1v) is 10.6. The molecule has 0 aliphatic carbocycles. The molecule has 0 spiro atoms. The number of carbonyl (C=O) groups excluding carboxylic acids is 2. The molecule has 0 saturated carbocycles. The van der Waals surface area contributed by atoms with Crippen LogP contribution in [0.3, 0.4) is 0 Å². The van der Waals surface area contributed by atoms with Gasteiger partial charge < -0.3 is 14.8 Å². The van der Waals surface area contributed by atoms with E-state index in [0.29, 0.717) is 27.6 Å². The molecule has 0 aromatic heterocycles. The fourth-order valence-electron chi connectivity index (χ4n) is 3.13. The number of esters is 1. The Kier molecular flexibility index (Phi) is 7.21. The number of hydrogen-bond donors (Lipinski definition) is 1. The largest absolute Gasteiger partial charge is 0.495 e. The Morgan fingerprint density at radius 1 is 0.938 bits per heavy atom. The van der Waals surface area contributed by atoms with Gasteiger partial charge in [0.05, 0.1) is 17.7 Å². The van der Waals surface area contributed by atoms with E-state index >= 15 is 0 Å². The Bertz CT molecular complexity index is 1090. The Morgan fingerprint density at radius 2 is 1.59 bits per heavy atom. The summed E-state index contributed by atoms with van der Waals surface area (Å²) in [6.45, 7) is 6.30. The maximum atomic E-state index is 13.1. The zero-order valence-electron chi connectivity index (χ0n) is 18.5. The lowest BCUT2D eigenvalue weighted by Crippen LogP contribution is -2.26. The fraction of sp³-hybridized carbons (Fsp3) is 0.231. The third kappa shape index (κ3) is 5.68. The molecular formula is C26H26ClNO4. The van der Waals surface area contributed by atoms with Gasteiger partial charge in [0.2, 0.25) is 6.10 Å². The Labute approximate surface area is 193 Å². The number of methoxy groups -OCH3 is 1. The number of carbonyl (C=O) groups is 2. The molecule has 1 atom stereocenters. The molecule has 1 unspecified atom stereocenters. The lowest BCUT2D eigenvalue weighted by Gasteiger charge is -2.20. The second kappa shape index (κ2) is 9.88. The van der Waals surface area contributed by atoms with Crippen molar-refractivity contribution in [2.75, 3.05) is 12.4 Å². The number of rotatable bonds is 6. The normalized spacial score (nSPS) is 12.0. The van der Waals surface area contributed by atoms with Crippen LogP contribution in [0.2, 0.25) is 5.02 Å². The predicted molar refractivity (Wildman–Crippen MR) is 126 cm³/mol. The van der Waals surface area contributed by atoms with Gasteiger partial charge in [-0.1, -0.05) is 74.8 Å². The molecule has 6 heteroatoms. The number of anilines is 1. The number of hydrogen-bond acceptors (Lipinski definition) is 4. The van der Waals surface area contributed by atoms with Crippen molar-refractivity contribution in [3.05, 3.63) is 94.5 Å². The molecule has 166 valence electrons. The van der Waals surface area contributed by atoms with Gasteiger partial charge in [0, 0.05) is 11.3 Å².